The Bertz CT molecular complexity index is 937. The molecule has 0 aromatic heterocycles. The van der Waals surface area contributed by atoms with Crippen molar-refractivity contribution in [1.29, 1.82) is 0 Å². The van der Waals surface area contributed by atoms with Gasteiger partial charge in [0.2, 0.25) is 0 Å². The van der Waals surface area contributed by atoms with Crippen LogP contribution in [0.5, 0.6) is 0 Å². The summed E-state index contributed by atoms with van der Waals surface area (Å²) in [6, 6.07) is 26.9. The maximum atomic E-state index is 10.2. The quantitative estimate of drug-likeness (QED) is 0.422. The first kappa shape index (κ1) is 21.9. The number of rotatable bonds is 7. The van der Waals surface area contributed by atoms with E-state index in [0.717, 1.165) is 36.8 Å². The number of aliphatic hydroxyl groups excluding tert-OH is 1. The van der Waals surface area contributed by atoms with Gasteiger partial charge in [0.25, 0.3) is 0 Å². The minimum absolute atomic E-state index is 0.472. The Morgan fingerprint density at radius 1 is 0.700 bits per heavy atom. The van der Waals surface area contributed by atoms with Gasteiger partial charge in [-0.3, -0.25) is 0 Å². The van der Waals surface area contributed by atoms with Gasteiger partial charge in [-0.1, -0.05) is 80.6 Å². The summed E-state index contributed by atoms with van der Waals surface area (Å²) in [4.78, 5) is 0. The molecular formula is C28H32O2. The highest BCUT2D eigenvalue weighted by Gasteiger charge is 2.19. The van der Waals surface area contributed by atoms with Crippen LogP contribution in [0.25, 0.3) is 5.76 Å². The molecule has 0 amide bonds. The summed E-state index contributed by atoms with van der Waals surface area (Å²) in [6.45, 7) is 5.47. The third kappa shape index (κ3) is 6.89. The lowest BCUT2D eigenvalue weighted by atomic mass is 10.0. The molecule has 3 aromatic rings. The van der Waals surface area contributed by atoms with Gasteiger partial charge in [-0.25, -0.2) is 0 Å². The minimum atomic E-state index is 0.472. The van der Waals surface area contributed by atoms with Crippen LogP contribution in [-0.2, 0) is 30.8 Å². The molecule has 0 aliphatic heterocycles. The summed E-state index contributed by atoms with van der Waals surface area (Å²) in [5, 5.41) is 10.2. The normalized spacial score (nSPS) is 12.1. The minimum Gasteiger partial charge on any atom is -0.507 e. The Balaban J connectivity index is 0.000000269. The van der Waals surface area contributed by atoms with Crippen molar-refractivity contribution in [3.63, 3.8) is 0 Å². The molecule has 2 nitrogen and oxygen atoms in total. The smallest absolute Gasteiger partial charge is 0.122 e. The fourth-order valence-electron chi connectivity index (χ4n) is 3.26. The van der Waals surface area contributed by atoms with E-state index in [-0.39, 0.29) is 0 Å². The van der Waals surface area contributed by atoms with E-state index in [0.29, 0.717) is 19.0 Å². The van der Waals surface area contributed by atoms with Gasteiger partial charge in [0.15, 0.2) is 0 Å². The van der Waals surface area contributed by atoms with Crippen LogP contribution in [-0.4, -0.2) is 5.11 Å². The average Bonchev–Trinajstić information content (AvgIpc) is 3.65. The topological polar surface area (TPSA) is 29.5 Å². The molecule has 0 atom stereocenters. The number of aryl methyl sites for hydroxylation is 2. The maximum absolute atomic E-state index is 10.2. The first-order valence-electron chi connectivity index (χ1n) is 10.9. The van der Waals surface area contributed by atoms with Crippen LogP contribution in [0.1, 0.15) is 54.5 Å². The van der Waals surface area contributed by atoms with Crippen molar-refractivity contribution in [2.24, 2.45) is 0 Å². The van der Waals surface area contributed by atoms with Crippen LogP contribution in [0.2, 0.25) is 0 Å². The van der Waals surface area contributed by atoms with Crippen molar-refractivity contribution in [3.8, 4) is 0 Å². The molecule has 2 heteroatoms. The predicted molar refractivity (Wildman–Crippen MR) is 125 cm³/mol. The van der Waals surface area contributed by atoms with Crippen LogP contribution in [0.15, 0.2) is 84.4 Å². The SMILES string of the molecule is CCc1cc(COCc2ccccc2)cc(C(O)=C2CC2)c1.CCc1ccccc1. The standard InChI is InChI=1S/C20H22O2.C8H10/c1-2-15-10-17(12-19(11-15)20(21)18-8-9-18)14-22-13-16-6-4-3-5-7-16;1-2-8-6-4-3-5-7-8/h3-7,10-12,21H,2,8-9,13-14H2,1H3;3-7H,2H2,1H3. The highest BCUT2D eigenvalue weighted by Crippen LogP contribution is 2.35. The predicted octanol–water partition coefficient (Wildman–Crippen LogP) is 7.28. The van der Waals surface area contributed by atoms with Crippen LogP contribution in [0, 0.1) is 0 Å². The number of hydrogen-bond donors (Lipinski definition) is 1. The number of ether oxygens (including phenoxy) is 1. The van der Waals surface area contributed by atoms with E-state index in [4.69, 9.17) is 4.74 Å². The summed E-state index contributed by atoms with van der Waals surface area (Å²) >= 11 is 0. The molecule has 0 unspecified atom stereocenters. The molecule has 156 valence electrons. The molecule has 0 saturated heterocycles. The van der Waals surface area contributed by atoms with Crippen LogP contribution in [0.4, 0.5) is 0 Å². The van der Waals surface area contributed by atoms with Gasteiger partial charge < -0.3 is 9.84 Å². The third-order valence-electron chi connectivity index (χ3n) is 5.20. The Labute approximate surface area is 180 Å². The summed E-state index contributed by atoms with van der Waals surface area (Å²) in [5.74, 6) is 0.472. The van der Waals surface area contributed by atoms with Gasteiger partial charge in [-0.15, -0.1) is 0 Å². The molecule has 1 aliphatic carbocycles. The van der Waals surface area contributed by atoms with E-state index in [1.807, 2.05) is 30.3 Å². The van der Waals surface area contributed by atoms with Crippen molar-refractivity contribution >= 4 is 5.76 Å². The molecule has 0 spiro atoms. The summed E-state index contributed by atoms with van der Waals surface area (Å²) in [5.41, 5.74) is 7.06. The lowest BCUT2D eigenvalue weighted by molar-refractivity contribution is 0.107. The van der Waals surface area contributed by atoms with Gasteiger partial charge >= 0.3 is 0 Å². The number of allylic oxidation sites excluding steroid dienone is 1. The fraction of sp³-hybridized carbons (Fsp3) is 0.286. The van der Waals surface area contributed by atoms with E-state index in [1.54, 1.807) is 0 Å². The zero-order valence-electron chi connectivity index (χ0n) is 18.1. The zero-order valence-corrected chi connectivity index (χ0v) is 18.1. The van der Waals surface area contributed by atoms with Crippen LogP contribution < -0.4 is 0 Å². The number of aliphatic hydroxyl groups is 1. The lowest BCUT2D eigenvalue weighted by Gasteiger charge is -2.10. The van der Waals surface area contributed by atoms with Crippen LogP contribution >= 0.6 is 0 Å². The number of benzene rings is 3. The Hall–Kier alpha value is -2.84. The maximum Gasteiger partial charge on any atom is 0.122 e. The highest BCUT2D eigenvalue weighted by atomic mass is 16.5. The number of hydrogen-bond acceptors (Lipinski definition) is 2. The van der Waals surface area contributed by atoms with Crippen molar-refractivity contribution < 1.29 is 9.84 Å². The zero-order chi connectivity index (χ0) is 21.2. The van der Waals surface area contributed by atoms with Crippen molar-refractivity contribution in [2.75, 3.05) is 0 Å². The van der Waals surface area contributed by atoms with E-state index >= 15 is 0 Å². The molecule has 1 saturated carbocycles. The highest BCUT2D eigenvalue weighted by molar-refractivity contribution is 5.66. The first-order chi connectivity index (χ1) is 14.7. The summed E-state index contributed by atoms with van der Waals surface area (Å²) in [6.07, 6.45) is 4.16. The second-order valence-electron chi connectivity index (χ2n) is 7.66. The molecule has 1 fully saturated rings. The Morgan fingerprint density at radius 3 is 1.77 bits per heavy atom. The molecule has 1 aliphatic rings. The van der Waals surface area contributed by atoms with Crippen molar-refractivity contribution in [1.82, 2.24) is 0 Å². The van der Waals surface area contributed by atoms with Crippen LogP contribution in [0.3, 0.4) is 0 Å². The van der Waals surface area contributed by atoms with Gasteiger partial charge in [0, 0.05) is 5.56 Å². The average molecular weight is 401 g/mol. The van der Waals surface area contributed by atoms with E-state index in [2.05, 4.69) is 62.4 Å². The Morgan fingerprint density at radius 2 is 1.23 bits per heavy atom. The van der Waals surface area contributed by atoms with Crippen molar-refractivity contribution in [2.45, 2.75) is 52.7 Å². The van der Waals surface area contributed by atoms with Gasteiger partial charge in [0.1, 0.15) is 5.76 Å². The molecule has 4 rings (SSSR count). The first-order valence-corrected chi connectivity index (χ1v) is 10.9. The monoisotopic (exact) mass is 400 g/mol. The lowest BCUT2D eigenvalue weighted by Crippen LogP contribution is -1.97. The Kier molecular flexibility index (Phi) is 8.29. The van der Waals surface area contributed by atoms with Crippen molar-refractivity contribution in [3.05, 3.63) is 112 Å². The van der Waals surface area contributed by atoms with E-state index in [9.17, 15) is 5.11 Å². The van der Waals surface area contributed by atoms with Gasteiger partial charge in [0.05, 0.1) is 13.2 Å². The largest absolute Gasteiger partial charge is 0.507 e. The van der Waals surface area contributed by atoms with E-state index < -0.39 is 0 Å². The van der Waals surface area contributed by atoms with Gasteiger partial charge in [-0.05, 0) is 65.6 Å². The van der Waals surface area contributed by atoms with E-state index in [1.165, 1.54) is 22.3 Å². The molecule has 30 heavy (non-hydrogen) atoms. The third-order valence-corrected chi connectivity index (χ3v) is 5.20. The second-order valence-corrected chi connectivity index (χ2v) is 7.66. The molecule has 3 aromatic carbocycles. The molecule has 0 bridgehead atoms. The van der Waals surface area contributed by atoms with Gasteiger partial charge in [-0.2, -0.15) is 0 Å². The molecule has 0 radical (unpaired) electrons. The second kappa shape index (κ2) is 11.4. The summed E-state index contributed by atoms with van der Waals surface area (Å²) in [7, 11) is 0. The molecular weight excluding hydrogens is 368 g/mol. The molecule has 0 heterocycles. The fourth-order valence-corrected chi connectivity index (χ4v) is 3.26. The summed E-state index contributed by atoms with van der Waals surface area (Å²) < 4.78 is 5.82. The molecule has 1 N–H and O–H groups in total.